The van der Waals surface area contributed by atoms with Crippen LogP contribution < -0.4 is 5.32 Å². The molecule has 0 aliphatic carbocycles. The van der Waals surface area contributed by atoms with Crippen molar-refractivity contribution in [2.24, 2.45) is 5.92 Å². The monoisotopic (exact) mass is 299 g/mol. The predicted molar refractivity (Wildman–Crippen MR) is 80.1 cm³/mol. The van der Waals surface area contributed by atoms with Gasteiger partial charge in [0.25, 0.3) is 0 Å². The van der Waals surface area contributed by atoms with Gasteiger partial charge in [0.1, 0.15) is 0 Å². The standard InChI is InChI=1S/C12H25N3O.2ClH/c16-10-9-14-5-7-15(8-6-14)11-12-1-3-13-4-2-12;;/h12-13,16H,1-11H2;2*1H. The van der Waals surface area contributed by atoms with Crippen LogP contribution in [0.4, 0.5) is 0 Å². The number of nitrogens with one attached hydrogen (secondary N) is 1. The minimum atomic E-state index is 0. The Morgan fingerprint density at radius 2 is 1.50 bits per heavy atom. The molecule has 4 nitrogen and oxygen atoms in total. The van der Waals surface area contributed by atoms with E-state index in [-0.39, 0.29) is 24.8 Å². The van der Waals surface area contributed by atoms with Crippen LogP contribution in [0.15, 0.2) is 0 Å². The fourth-order valence-electron chi connectivity index (χ4n) is 2.77. The minimum absolute atomic E-state index is 0. The van der Waals surface area contributed by atoms with Gasteiger partial charge in [-0.3, -0.25) is 4.90 Å². The Morgan fingerprint density at radius 1 is 0.944 bits per heavy atom. The summed E-state index contributed by atoms with van der Waals surface area (Å²) in [5, 5.41) is 12.3. The van der Waals surface area contributed by atoms with Gasteiger partial charge in [0.05, 0.1) is 6.61 Å². The Hall–Kier alpha value is 0.420. The lowest BCUT2D eigenvalue weighted by molar-refractivity contribution is 0.0968. The smallest absolute Gasteiger partial charge is 0.0558 e. The second-order valence-corrected chi connectivity index (χ2v) is 5.06. The van der Waals surface area contributed by atoms with Gasteiger partial charge in [-0.2, -0.15) is 0 Å². The highest BCUT2D eigenvalue weighted by molar-refractivity contribution is 5.85. The Labute approximate surface area is 123 Å². The van der Waals surface area contributed by atoms with E-state index < -0.39 is 0 Å². The van der Waals surface area contributed by atoms with Gasteiger partial charge in [-0.25, -0.2) is 0 Å². The summed E-state index contributed by atoms with van der Waals surface area (Å²) in [6, 6.07) is 0. The summed E-state index contributed by atoms with van der Waals surface area (Å²) < 4.78 is 0. The molecule has 2 rings (SSSR count). The fourth-order valence-corrected chi connectivity index (χ4v) is 2.77. The lowest BCUT2D eigenvalue weighted by Crippen LogP contribution is -2.49. The van der Waals surface area contributed by atoms with Gasteiger partial charge in [-0.1, -0.05) is 0 Å². The molecule has 0 atom stereocenters. The fraction of sp³-hybridized carbons (Fsp3) is 1.00. The van der Waals surface area contributed by atoms with Gasteiger partial charge in [-0.05, 0) is 31.8 Å². The molecular weight excluding hydrogens is 273 g/mol. The highest BCUT2D eigenvalue weighted by atomic mass is 35.5. The van der Waals surface area contributed by atoms with E-state index >= 15 is 0 Å². The first-order chi connectivity index (χ1) is 7.88. The third-order valence-electron chi connectivity index (χ3n) is 3.86. The summed E-state index contributed by atoms with van der Waals surface area (Å²) in [6.45, 7) is 9.47. The van der Waals surface area contributed by atoms with E-state index in [0.717, 1.165) is 25.6 Å². The summed E-state index contributed by atoms with van der Waals surface area (Å²) in [5.74, 6) is 0.908. The second-order valence-electron chi connectivity index (χ2n) is 5.06. The van der Waals surface area contributed by atoms with E-state index in [1.165, 1.54) is 45.6 Å². The number of aliphatic hydroxyl groups excluding tert-OH is 1. The van der Waals surface area contributed by atoms with Gasteiger partial charge >= 0.3 is 0 Å². The number of halogens is 2. The predicted octanol–water partition coefficient (Wildman–Crippen LogP) is 0.440. The van der Waals surface area contributed by atoms with Crippen LogP contribution in [-0.2, 0) is 0 Å². The van der Waals surface area contributed by atoms with E-state index in [4.69, 9.17) is 5.11 Å². The van der Waals surface area contributed by atoms with Crippen molar-refractivity contribution in [2.75, 3.05) is 59.0 Å². The number of aliphatic hydroxyl groups is 1. The zero-order valence-corrected chi connectivity index (χ0v) is 12.6. The first-order valence-corrected chi connectivity index (χ1v) is 6.65. The zero-order chi connectivity index (χ0) is 11.2. The minimum Gasteiger partial charge on any atom is -0.395 e. The molecule has 110 valence electrons. The Balaban J connectivity index is 0.00000144. The Morgan fingerprint density at radius 3 is 2.06 bits per heavy atom. The van der Waals surface area contributed by atoms with Crippen LogP contribution in [0.2, 0.25) is 0 Å². The largest absolute Gasteiger partial charge is 0.395 e. The van der Waals surface area contributed by atoms with Crippen molar-refractivity contribution in [2.45, 2.75) is 12.8 Å². The van der Waals surface area contributed by atoms with Gasteiger partial charge in [0.2, 0.25) is 0 Å². The molecule has 2 aliphatic rings. The zero-order valence-electron chi connectivity index (χ0n) is 11.0. The molecule has 0 bridgehead atoms. The van der Waals surface area contributed by atoms with E-state index in [2.05, 4.69) is 15.1 Å². The molecular formula is C12H27Cl2N3O. The Bertz CT molecular complexity index is 196. The highest BCUT2D eigenvalue weighted by Gasteiger charge is 2.20. The van der Waals surface area contributed by atoms with Crippen molar-refractivity contribution in [3.8, 4) is 0 Å². The van der Waals surface area contributed by atoms with E-state index in [1.807, 2.05) is 0 Å². The third-order valence-corrected chi connectivity index (χ3v) is 3.86. The SMILES string of the molecule is Cl.Cl.OCCN1CCN(CC2CCNCC2)CC1. The lowest BCUT2D eigenvalue weighted by Gasteiger charge is -2.37. The van der Waals surface area contributed by atoms with Crippen molar-refractivity contribution in [3.63, 3.8) is 0 Å². The molecule has 18 heavy (non-hydrogen) atoms. The maximum atomic E-state index is 8.88. The van der Waals surface area contributed by atoms with Crippen LogP contribution in [0.3, 0.4) is 0 Å². The number of nitrogens with zero attached hydrogens (tertiary/aromatic N) is 2. The molecule has 2 N–H and O–H groups in total. The topological polar surface area (TPSA) is 38.7 Å². The van der Waals surface area contributed by atoms with Crippen molar-refractivity contribution in [1.29, 1.82) is 0 Å². The highest BCUT2D eigenvalue weighted by Crippen LogP contribution is 2.14. The maximum Gasteiger partial charge on any atom is 0.0558 e. The molecule has 0 aromatic heterocycles. The van der Waals surface area contributed by atoms with Crippen molar-refractivity contribution in [3.05, 3.63) is 0 Å². The molecule has 0 amide bonds. The number of hydrogen-bond acceptors (Lipinski definition) is 4. The van der Waals surface area contributed by atoms with Crippen LogP contribution in [0.25, 0.3) is 0 Å². The normalized spacial score (nSPS) is 23.2. The Kier molecular flexibility index (Phi) is 10.5. The van der Waals surface area contributed by atoms with Crippen molar-refractivity contribution in [1.82, 2.24) is 15.1 Å². The van der Waals surface area contributed by atoms with Crippen LogP contribution in [0.5, 0.6) is 0 Å². The number of β-amino-alcohol motifs (C(OH)–C–C–N with tert-alkyl or cyclic N) is 1. The average Bonchev–Trinajstić information content (AvgIpc) is 2.33. The number of rotatable bonds is 4. The average molecular weight is 300 g/mol. The molecule has 2 fully saturated rings. The first kappa shape index (κ1) is 18.4. The first-order valence-electron chi connectivity index (χ1n) is 6.65. The summed E-state index contributed by atoms with van der Waals surface area (Å²) in [6.07, 6.45) is 2.69. The number of hydrogen-bond donors (Lipinski definition) is 2. The molecule has 2 saturated heterocycles. The molecule has 0 saturated carbocycles. The summed E-state index contributed by atoms with van der Waals surface area (Å²) in [5.41, 5.74) is 0. The van der Waals surface area contributed by atoms with Gasteiger partial charge in [-0.15, -0.1) is 24.8 Å². The van der Waals surface area contributed by atoms with E-state index in [1.54, 1.807) is 0 Å². The molecule has 2 aliphatic heterocycles. The van der Waals surface area contributed by atoms with Gasteiger partial charge in [0.15, 0.2) is 0 Å². The second kappa shape index (κ2) is 10.2. The summed E-state index contributed by atoms with van der Waals surface area (Å²) in [7, 11) is 0. The molecule has 0 aromatic carbocycles. The molecule has 0 radical (unpaired) electrons. The van der Waals surface area contributed by atoms with Crippen LogP contribution in [0, 0.1) is 5.92 Å². The number of piperazine rings is 1. The van der Waals surface area contributed by atoms with Gasteiger partial charge < -0.3 is 15.3 Å². The van der Waals surface area contributed by atoms with E-state index in [9.17, 15) is 0 Å². The van der Waals surface area contributed by atoms with Crippen LogP contribution in [0.1, 0.15) is 12.8 Å². The molecule has 0 spiro atoms. The molecule has 2 heterocycles. The van der Waals surface area contributed by atoms with Crippen molar-refractivity contribution < 1.29 is 5.11 Å². The quantitative estimate of drug-likeness (QED) is 0.790. The number of piperidine rings is 1. The molecule has 6 heteroatoms. The van der Waals surface area contributed by atoms with Crippen LogP contribution >= 0.6 is 24.8 Å². The summed E-state index contributed by atoms with van der Waals surface area (Å²) >= 11 is 0. The lowest BCUT2D eigenvalue weighted by atomic mass is 9.97. The molecule has 0 aromatic rings. The summed E-state index contributed by atoms with van der Waals surface area (Å²) in [4.78, 5) is 4.96. The van der Waals surface area contributed by atoms with Gasteiger partial charge in [0, 0.05) is 39.3 Å². The van der Waals surface area contributed by atoms with Crippen molar-refractivity contribution >= 4 is 24.8 Å². The molecule has 0 unspecified atom stereocenters. The maximum absolute atomic E-state index is 8.88. The van der Waals surface area contributed by atoms with E-state index in [0.29, 0.717) is 6.61 Å². The third kappa shape index (κ3) is 6.04. The van der Waals surface area contributed by atoms with Crippen LogP contribution in [-0.4, -0.2) is 73.9 Å².